The van der Waals surface area contributed by atoms with Gasteiger partial charge in [-0.25, -0.2) is 0 Å². The Balaban J connectivity index is 2.29. The van der Waals surface area contributed by atoms with Crippen molar-refractivity contribution in [3.05, 3.63) is 43.0 Å². The molecule has 1 aliphatic rings. The average molecular weight is 263 g/mol. The van der Waals surface area contributed by atoms with Gasteiger partial charge in [0.25, 0.3) is 0 Å². The summed E-state index contributed by atoms with van der Waals surface area (Å²) in [6, 6.07) is 0. The minimum atomic E-state index is -1.45. The molecule has 1 saturated carbocycles. The van der Waals surface area contributed by atoms with Gasteiger partial charge in [0, 0.05) is 0 Å². The van der Waals surface area contributed by atoms with Gasteiger partial charge < -0.3 is 0 Å². The fourth-order valence-corrected chi connectivity index (χ4v) is 4.82. The molecule has 4 heteroatoms. The van der Waals surface area contributed by atoms with Crippen molar-refractivity contribution in [2.75, 3.05) is 13.3 Å². The van der Waals surface area contributed by atoms with Crippen molar-refractivity contribution in [3.8, 4) is 0 Å². The molecule has 0 unspecified atom stereocenters. The van der Waals surface area contributed by atoms with Crippen molar-refractivity contribution in [2.24, 2.45) is 0 Å². The Bertz CT molecular complexity index is 493. The van der Waals surface area contributed by atoms with Crippen LogP contribution in [0.3, 0.4) is 0 Å². The predicted octanol–water partition coefficient (Wildman–Crippen LogP) is 3.36. The molecule has 1 aromatic heterocycles. The van der Waals surface area contributed by atoms with E-state index in [-0.39, 0.29) is 0 Å². The minimum absolute atomic E-state index is 0.800. The quantitative estimate of drug-likeness (QED) is 0.602. The second-order valence-corrected chi connectivity index (χ2v) is 9.88. The van der Waals surface area contributed by atoms with Crippen LogP contribution in [0.1, 0.15) is 25.6 Å². The maximum absolute atomic E-state index is 4.68. The molecular weight excluding hydrogens is 241 g/mol. The standard InChI is InChI=1S/C14H22N3P/c1-5-7-12(8-6-2)14-15-11-17(16-14)18(3,4)13-9-10-13/h5-8,11,13,18H,1,9-10H2,2-4H3/b8-6-,12-7+. The second kappa shape index (κ2) is 5.19. The first-order chi connectivity index (χ1) is 8.59. The summed E-state index contributed by atoms with van der Waals surface area (Å²) < 4.78 is 2.14. The summed E-state index contributed by atoms with van der Waals surface area (Å²) in [7, 11) is -1.45. The van der Waals surface area contributed by atoms with Crippen LogP contribution in [0.4, 0.5) is 0 Å². The second-order valence-electron chi connectivity index (χ2n) is 5.30. The summed E-state index contributed by atoms with van der Waals surface area (Å²) in [4.78, 5) is 4.45. The Morgan fingerprint density at radius 2 is 2.22 bits per heavy atom. The first-order valence-corrected chi connectivity index (χ1v) is 9.50. The number of hydrogen-bond donors (Lipinski definition) is 0. The van der Waals surface area contributed by atoms with Crippen LogP contribution in [0.5, 0.6) is 0 Å². The van der Waals surface area contributed by atoms with Crippen LogP contribution >= 0.6 is 7.41 Å². The molecule has 0 amide bonds. The fraction of sp³-hybridized carbons (Fsp3) is 0.429. The van der Waals surface area contributed by atoms with E-state index in [1.165, 1.54) is 12.8 Å². The van der Waals surface area contributed by atoms with E-state index >= 15 is 0 Å². The number of nitrogens with zero attached hydrogens (tertiary/aromatic N) is 3. The van der Waals surface area contributed by atoms with E-state index < -0.39 is 7.41 Å². The Morgan fingerprint density at radius 3 is 2.78 bits per heavy atom. The van der Waals surface area contributed by atoms with Gasteiger partial charge in [0.2, 0.25) is 0 Å². The SMILES string of the molecule is C=C/C=C(\C=C/C)c1ncn([PH](C)(C)C2CC2)n1. The maximum atomic E-state index is 4.68. The van der Waals surface area contributed by atoms with Gasteiger partial charge in [-0.15, -0.1) is 0 Å². The molecule has 0 bridgehead atoms. The molecule has 0 aromatic carbocycles. The van der Waals surface area contributed by atoms with Crippen LogP contribution in [0.2, 0.25) is 0 Å². The van der Waals surface area contributed by atoms with Crippen molar-refractivity contribution in [2.45, 2.75) is 25.4 Å². The Morgan fingerprint density at radius 1 is 1.50 bits per heavy atom. The number of allylic oxidation sites excluding steroid dienone is 5. The molecule has 1 aliphatic carbocycles. The summed E-state index contributed by atoms with van der Waals surface area (Å²) in [5.41, 5.74) is 1.90. The summed E-state index contributed by atoms with van der Waals surface area (Å²) in [6.45, 7) is 10.5. The van der Waals surface area contributed by atoms with Gasteiger partial charge in [0.05, 0.1) is 0 Å². The van der Waals surface area contributed by atoms with Crippen molar-refractivity contribution >= 4 is 13.0 Å². The molecule has 1 aromatic rings. The summed E-state index contributed by atoms with van der Waals surface area (Å²) in [6.07, 6.45) is 12.4. The number of rotatable bonds is 5. The normalized spacial score (nSPS) is 18.3. The van der Waals surface area contributed by atoms with Crippen LogP contribution in [-0.4, -0.2) is 33.5 Å². The first-order valence-electron chi connectivity index (χ1n) is 6.47. The van der Waals surface area contributed by atoms with E-state index in [9.17, 15) is 0 Å². The van der Waals surface area contributed by atoms with Gasteiger partial charge in [0.15, 0.2) is 0 Å². The monoisotopic (exact) mass is 263 g/mol. The van der Waals surface area contributed by atoms with Crippen molar-refractivity contribution in [1.29, 1.82) is 0 Å². The van der Waals surface area contributed by atoms with Crippen molar-refractivity contribution in [3.63, 3.8) is 0 Å². The zero-order chi connectivity index (χ0) is 13.2. The topological polar surface area (TPSA) is 30.7 Å². The molecule has 1 fully saturated rings. The van der Waals surface area contributed by atoms with Gasteiger partial charge in [0.1, 0.15) is 0 Å². The molecule has 0 saturated heterocycles. The summed E-state index contributed by atoms with van der Waals surface area (Å²) >= 11 is 0. The molecular formula is C14H22N3P. The third-order valence-electron chi connectivity index (χ3n) is 3.56. The van der Waals surface area contributed by atoms with E-state index in [2.05, 4.69) is 34.4 Å². The Hall–Kier alpha value is -1.21. The zero-order valence-corrected chi connectivity index (χ0v) is 12.4. The van der Waals surface area contributed by atoms with E-state index in [0.717, 1.165) is 17.1 Å². The predicted molar refractivity (Wildman–Crippen MR) is 81.6 cm³/mol. The van der Waals surface area contributed by atoms with E-state index in [1.807, 2.05) is 31.5 Å². The van der Waals surface area contributed by atoms with Gasteiger partial charge in [-0.05, 0) is 0 Å². The van der Waals surface area contributed by atoms with E-state index in [0.29, 0.717) is 0 Å². The molecule has 98 valence electrons. The van der Waals surface area contributed by atoms with Crippen LogP contribution in [0.15, 0.2) is 37.2 Å². The van der Waals surface area contributed by atoms with Crippen LogP contribution in [0.25, 0.3) is 5.57 Å². The zero-order valence-electron chi connectivity index (χ0n) is 11.4. The third kappa shape index (κ3) is 2.62. The van der Waals surface area contributed by atoms with Crippen molar-refractivity contribution in [1.82, 2.24) is 14.5 Å². The molecule has 0 atom stereocenters. The van der Waals surface area contributed by atoms with Crippen LogP contribution in [-0.2, 0) is 0 Å². The molecule has 1 heterocycles. The van der Waals surface area contributed by atoms with E-state index in [1.54, 1.807) is 6.08 Å². The number of aromatic nitrogens is 3. The molecule has 0 aliphatic heterocycles. The first kappa shape index (κ1) is 13.2. The molecule has 0 N–H and O–H groups in total. The fourth-order valence-electron chi connectivity index (χ4n) is 2.16. The summed E-state index contributed by atoms with van der Waals surface area (Å²) in [5, 5.41) is 4.68. The average Bonchev–Trinajstić information content (AvgIpc) is 3.07. The molecule has 0 radical (unpaired) electrons. The molecule has 2 rings (SSSR count). The molecule has 18 heavy (non-hydrogen) atoms. The Labute approximate surface area is 110 Å². The Kier molecular flexibility index (Phi) is 3.82. The van der Waals surface area contributed by atoms with Crippen LogP contribution in [0, 0.1) is 0 Å². The van der Waals surface area contributed by atoms with Gasteiger partial charge >= 0.3 is 109 Å². The third-order valence-corrected chi connectivity index (χ3v) is 7.53. The van der Waals surface area contributed by atoms with Gasteiger partial charge in [-0.1, -0.05) is 0 Å². The van der Waals surface area contributed by atoms with Crippen molar-refractivity contribution < 1.29 is 0 Å². The molecule has 3 nitrogen and oxygen atoms in total. The van der Waals surface area contributed by atoms with E-state index in [4.69, 9.17) is 0 Å². The summed E-state index contributed by atoms with van der Waals surface area (Å²) in [5.74, 6) is 0.800. The van der Waals surface area contributed by atoms with Gasteiger partial charge in [-0.3, -0.25) is 0 Å². The molecule has 0 spiro atoms. The van der Waals surface area contributed by atoms with Gasteiger partial charge in [-0.2, -0.15) is 0 Å². The van der Waals surface area contributed by atoms with Crippen LogP contribution < -0.4 is 0 Å². The number of hydrogen-bond acceptors (Lipinski definition) is 2.